The zero-order valence-corrected chi connectivity index (χ0v) is 12.1. The number of rotatable bonds is 4. The number of anilines is 1. The van der Waals surface area contributed by atoms with Crippen LogP contribution in [0.4, 0.5) is 10.1 Å². The van der Waals surface area contributed by atoms with Gasteiger partial charge in [-0.2, -0.15) is 12.7 Å². The molecule has 0 atom stereocenters. The lowest BCUT2D eigenvalue weighted by Crippen LogP contribution is -2.43. The second kappa shape index (κ2) is 6.00. The third-order valence-corrected chi connectivity index (χ3v) is 4.55. The molecule has 9 heteroatoms. The van der Waals surface area contributed by atoms with Crippen LogP contribution in [0.2, 0.25) is 0 Å². The van der Waals surface area contributed by atoms with Crippen LogP contribution >= 0.6 is 12.2 Å². The second-order valence-electron chi connectivity index (χ2n) is 4.18. The fraction of sp³-hybridized carbons (Fsp3) is 0.364. The van der Waals surface area contributed by atoms with Gasteiger partial charge in [0.25, 0.3) is 0 Å². The van der Waals surface area contributed by atoms with E-state index in [-0.39, 0.29) is 29.3 Å². The molecule has 0 radical (unpaired) electrons. The maximum absolute atomic E-state index is 13.4. The van der Waals surface area contributed by atoms with Gasteiger partial charge in [-0.15, -0.1) is 0 Å². The molecule has 1 aliphatic rings. The molecule has 0 aliphatic carbocycles. The fourth-order valence-electron chi connectivity index (χ4n) is 1.78. The van der Waals surface area contributed by atoms with Gasteiger partial charge in [-0.1, -0.05) is 12.2 Å². The van der Waals surface area contributed by atoms with Crippen molar-refractivity contribution in [3.05, 3.63) is 29.6 Å². The zero-order chi connectivity index (χ0) is 14.8. The highest BCUT2D eigenvalue weighted by Crippen LogP contribution is 2.17. The van der Waals surface area contributed by atoms with Crippen molar-refractivity contribution >= 4 is 33.1 Å². The minimum Gasteiger partial charge on any atom is -0.389 e. The molecule has 0 aromatic heterocycles. The van der Waals surface area contributed by atoms with Crippen LogP contribution in [0.15, 0.2) is 18.2 Å². The maximum Gasteiger partial charge on any atom is 0.301 e. The Labute approximate surface area is 121 Å². The highest BCUT2D eigenvalue weighted by atomic mass is 32.2. The third-order valence-electron chi connectivity index (χ3n) is 2.79. The summed E-state index contributed by atoms with van der Waals surface area (Å²) in [7, 11) is -3.69. The van der Waals surface area contributed by atoms with E-state index >= 15 is 0 Å². The summed E-state index contributed by atoms with van der Waals surface area (Å²) in [5.41, 5.74) is 5.59. The van der Waals surface area contributed by atoms with Crippen molar-refractivity contribution in [2.75, 3.05) is 31.0 Å². The predicted molar refractivity (Wildman–Crippen MR) is 77.2 cm³/mol. The number of nitrogens with zero attached hydrogens (tertiary/aromatic N) is 1. The first-order valence-electron chi connectivity index (χ1n) is 5.85. The predicted octanol–water partition coefficient (Wildman–Crippen LogP) is 0.449. The quantitative estimate of drug-likeness (QED) is 0.787. The molecule has 1 aromatic rings. The molecule has 110 valence electrons. The molecule has 2 rings (SSSR count). The maximum atomic E-state index is 13.4. The molecule has 0 bridgehead atoms. The topological polar surface area (TPSA) is 84.7 Å². The van der Waals surface area contributed by atoms with Gasteiger partial charge in [-0.3, -0.25) is 4.72 Å². The lowest BCUT2D eigenvalue weighted by atomic mass is 10.2. The smallest absolute Gasteiger partial charge is 0.301 e. The van der Waals surface area contributed by atoms with E-state index in [2.05, 4.69) is 4.72 Å². The van der Waals surface area contributed by atoms with Crippen molar-refractivity contribution in [1.29, 1.82) is 0 Å². The van der Waals surface area contributed by atoms with Crippen LogP contribution in [-0.4, -0.2) is 44.0 Å². The van der Waals surface area contributed by atoms with Gasteiger partial charge in [-0.25, -0.2) is 4.39 Å². The monoisotopic (exact) mass is 319 g/mol. The average molecular weight is 319 g/mol. The minimum atomic E-state index is -3.69. The molecule has 0 unspecified atom stereocenters. The van der Waals surface area contributed by atoms with E-state index in [4.69, 9.17) is 22.7 Å². The van der Waals surface area contributed by atoms with E-state index in [0.717, 1.165) is 6.07 Å². The minimum absolute atomic E-state index is 0.00202. The summed E-state index contributed by atoms with van der Waals surface area (Å²) in [5, 5.41) is 0. The Morgan fingerprint density at radius 3 is 2.65 bits per heavy atom. The third kappa shape index (κ3) is 3.42. The van der Waals surface area contributed by atoms with Crippen molar-refractivity contribution in [2.24, 2.45) is 5.73 Å². The molecule has 1 aromatic carbocycles. The molecular formula is C11H14FN3O3S2. The Hall–Kier alpha value is -1.29. The van der Waals surface area contributed by atoms with Crippen LogP contribution in [-0.2, 0) is 14.9 Å². The lowest BCUT2D eigenvalue weighted by molar-refractivity contribution is 0.0733. The molecule has 3 N–H and O–H groups in total. The van der Waals surface area contributed by atoms with Gasteiger partial charge >= 0.3 is 10.2 Å². The van der Waals surface area contributed by atoms with Gasteiger partial charge < -0.3 is 10.5 Å². The molecule has 1 aliphatic heterocycles. The summed E-state index contributed by atoms with van der Waals surface area (Å²) < 4.78 is 46.4. The lowest BCUT2D eigenvalue weighted by Gasteiger charge is -2.26. The van der Waals surface area contributed by atoms with E-state index < -0.39 is 16.0 Å². The summed E-state index contributed by atoms with van der Waals surface area (Å²) in [6, 6.07) is 3.70. The van der Waals surface area contributed by atoms with Gasteiger partial charge in [0.05, 0.1) is 18.9 Å². The molecular weight excluding hydrogens is 305 g/mol. The normalized spacial score (nSPS) is 16.9. The zero-order valence-electron chi connectivity index (χ0n) is 10.5. The van der Waals surface area contributed by atoms with E-state index in [1.165, 1.54) is 16.4 Å². The summed E-state index contributed by atoms with van der Waals surface area (Å²) in [4.78, 5) is -0.130. The second-order valence-corrected chi connectivity index (χ2v) is 6.29. The van der Waals surface area contributed by atoms with Crippen molar-refractivity contribution in [2.45, 2.75) is 0 Å². The number of thiocarbonyl (C=S) groups is 1. The van der Waals surface area contributed by atoms with Crippen LogP contribution in [0.5, 0.6) is 0 Å². The number of hydrogen-bond donors (Lipinski definition) is 2. The standard InChI is InChI=1S/C11H14FN3O3S2/c12-10-2-1-8(7-9(10)11(13)19)14-20(16,17)15-3-5-18-6-4-15/h1-2,7,14H,3-6H2,(H2,13,19). The molecule has 0 saturated carbocycles. The first-order valence-corrected chi connectivity index (χ1v) is 7.70. The fourth-order valence-corrected chi connectivity index (χ4v) is 3.12. The van der Waals surface area contributed by atoms with E-state index in [0.29, 0.717) is 13.2 Å². The number of halogens is 1. The van der Waals surface area contributed by atoms with Gasteiger partial charge in [0.2, 0.25) is 0 Å². The Morgan fingerprint density at radius 2 is 2.05 bits per heavy atom. The molecule has 0 spiro atoms. The molecule has 1 heterocycles. The van der Waals surface area contributed by atoms with Crippen molar-refractivity contribution in [1.82, 2.24) is 4.31 Å². The molecule has 6 nitrogen and oxygen atoms in total. The average Bonchev–Trinajstić information content (AvgIpc) is 2.41. The Morgan fingerprint density at radius 1 is 1.40 bits per heavy atom. The van der Waals surface area contributed by atoms with Crippen molar-refractivity contribution in [3.8, 4) is 0 Å². The van der Waals surface area contributed by atoms with Crippen LogP contribution in [0, 0.1) is 5.82 Å². The van der Waals surface area contributed by atoms with Gasteiger partial charge in [0.1, 0.15) is 10.8 Å². The molecule has 1 saturated heterocycles. The molecule has 1 fully saturated rings. The van der Waals surface area contributed by atoms with E-state index in [1.54, 1.807) is 0 Å². The van der Waals surface area contributed by atoms with E-state index in [1.807, 2.05) is 0 Å². The Kier molecular flexibility index (Phi) is 4.53. The Bertz CT molecular complexity index is 615. The highest BCUT2D eigenvalue weighted by molar-refractivity contribution is 7.90. The first-order chi connectivity index (χ1) is 9.40. The van der Waals surface area contributed by atoms with Gasteiger partial charge in [0.15, 0.2) is 0 Å². The van der Waals surface area contributed by atoms with Crippen LogP contribution in [0.1, 0.15) is 5.56 Å². The van der Waals surface area contributed by atoms with Crippen molar-refractivity contribution in [3.63, 3.8) is 0 Å². The SMILES string of the molecule is NC(=S)c1cc(NS(=O)(=O)N2CCOCC2)ccc1F. The van der Waals surface area contributed by atoms with Gasteiger partial charge in [-0.05, 0) is 18.2 Å². The van der Waals surface area contributed by atoms with Crippen LogP contribution in [0.3, 0.4) is 0 Å². The highest BCUT2D eigenvalue weighted by Gasteiger charge is 2.24. The number of nitrogens with two attached hydrogens (primary N) is 1. The number of hydrogen-bond acceptors (Lipinski definition) is 4. The summed E-state index contributed by atoms with van der Waals surface area (Å²) >= 11 is 4.71. The molecule has 0 amide bonds. The number of morpholine rings is 1. The first kappa shape index (κ1) is 15.1. The Balaban J connectivity index is 2.20. The summed E-state index contributed by atoms with van der Waals surface area (Å²) in [6.07, 6.45) is 0. The van der Waals surface area contributed by atoms with Gasteiger partial charge in [0, 0.05) is 18.7 Å². The number of ether oxygens (including phenoxy) is 1. The van der Waals surface area contributed by atoms with Crippen LogP contribution in [0.25, 0.3) is 0 Å². The van der Waals surface area contributed by atoms with Crippen LogP contribution < -0.4 is 10.5 Å². The number of benzene rings is 1. The summed E-state index contributed by atoms with van der Waals surface area (Å²) in [5.74, 6) is -0.591. The van der Waals surface area contributed by atoms with E-state index in [9.17, 15) is 12.8 Å². The largest absolute Gasteiger partial charge is 0.389 e. The number of nitrogens with one attached hydrogen (secondary N) is 1. The van der Waals surface area contributed by atoms with Crippen molar-refractivity contribution < 1.29 is 17.5 Å². The summed E-state index contributed by atoms with van der Waals surface area (Å²) in [6.45, 7) is 1.25. The molecule has 20 heavy (non-hydrogen) atoms.